The summed E-state index contributed by atoms with van der Waals surface area (Å²) < 4.78 is 16.4. The molecule has 1 unspecified atom stereocenters. The van der Waals surface area contributed by atoms with Crippen molar-refractivity contribution in [2.75, 3.05) is 13.7 Å². The van der Waals surface area contributed by atoms with Crippen LogP contribution in [-0.2, 0) is 0 Å². The van der Waals surface area contributed by atoms with E-state index in [1.165, 1.54) is 13.2 Å². The lowest BCUT2D eigenvalue weighted by Crippen LogP contribution is -2.35. The van der Waals surface area contributed by atoms with E-state index < -0.39 is 17.3 Å². The number of rotatable bonds is 9. The number of methoxy groups -OCH3 is 1. The third-order valence-corrected chi connectivity index (χ3v) is 4.22. The fourth-order valence-corrected chi connectivity index (χ4v) is 2.50. The molecule has 0 fully saturated rings. The molecule has 2 rings (SSSR count). The molecule has 0 bridgehead atoms. The molecule has 0 spiro atoms. The van der Waals surface area contributed by atoms with E-state index in [2.05, 4.69) is 6.58 Å². The molecule has 1 aromatic heterocycles. The van der Waals surface area contributed by atoms with Gasteiger partial charge in [-0.1, -0.05) is 12.2 Å². The van der Waals surface area contributed by atoms with Crippen LogP contribution in [-0.4, -0.2) is 35.6 Å². The standard InChI is InChI=1S/C20H26O6/c1-13(5-9-16(21)20(2,3)23)11-12-25-19-15(24-4)8-6-14-7-10-17(22)26-18(14)19/h6-8,10,16,21,23H,1,5,9,11-12H2,2-4H3. The Balaban J connectivity index is 2.00. The summed E-state index contributed by atoms with van der Waals surface area (Å²) in [5, 5.41) is 20.4. The first-order valence-corrected chi connectivity index (χ1v) is 8.53. The Morgan fingerprint density at radius 2 is 1.96 bits per heavy atom. The van der Waals surface area contributed by atoms with Crippen molar-refractivity contribution in [2.24, 2.45) is 0 Å². The van der Waals surface area contributed by atoms with Crippen LogP contribution in [0.1, 0.15) is 33.1 Å². The van der Waals surface area contributed by atoms with Crippen molar-refractivity contribution in [3.63, 3.8) is 0 Å². The molecule has 6 nitrogen and oxygen atoms in total. The van der Waals surface area contributed by atoms with E-state index in [-0.39, 0.29) is 0 Å². The third kappa shape index (κ3) is 5.09. The minimum atomic E-state index is -1.13. The lowest BCUT2D eigenvalue weighted by atomic mass is 9.95. The summed E-state index contributed by atoms with van der Waals surface area (Å²) in [5.41, 5.74) is -0.348. The molecule has 0 saturated carbocycles. The average molecular weight is 362 g/mol. The summed E-state index contributed by atoms with van der Waals surface area (Å²) in [6, 6.07) is 6.58. The Bertz CT molecular complexity index is 815. The van der Waals surface area contributed by atoms with Crippen LogP contribution in [0.25, 0.3) is 11.0 Å². The highest BCUT2D eigenvalue weighted by atomic mass is 16.5. The molecule has 1 atom stereocenters. The van der Waals surface area contributed by atoms with Crippen molar-refractivity contribution in [3.05, 3.63) is 46.8 Å². The maximum absolute atomic E-state index is 11.5. The first-order chi connectivity index (χ1) is 12.2. The van der Waals surface area contributed by atoms with Crippen molar-refractivity contribution < 1.29 is 24.1 Å². The molecule has 2 N–H and O–H groups in total. The van der Waals surface area contributed by atoms with Gasteiger partial charge in [0.1, 0.15) is 0 Å². The zero-order chi connectivity index (χ0) is 19.3. The Morgan fingerprint density at radius 3 is 2.62 bits per heavy atom. The van der Waals surface area contributed by atoms with Gasteiger partial charge in [0.15, 0.2) is 11.3 Å². The van der Waals surface area contributed by atoms with Crippen LogP contribution in [0.4, 0.5) is 0 Å². The highest BCUT2D eigenvalue weighted by Crippen LogP contribution is 2.35. The molecule has 0 aliphatic heterocycles. The Kier molecular flexibility index (Phi) is 6.45. The molecule has 26 heavy (non-hydrogen) atoms. The summed E-state index contributed by atoms with van der Waals surface area (Å²) in [4.78, 5) is 11.5. The molecule has 0 aliphatic rings. The van der Waals surface area contributed by atoms with Crippen LogP contribution >= 0.6 is 0 Å². The zero-order valence-corrected chi connectivity index (χ0v) is 15.4. The van der Waals surface area contributed by atoms with Gasteiger partial charge in [-0.3, -0.25) is 0 Å². The van der Waals surface area contributed by atoms with Gasteiger partial charge in [-0.05, 0) is 44.9 Å². The minimum absolute atomic E-state index is 0.325. The Morgan fingerprint density at radius 1 is 1.27 bits per heavy atom. The molecule has 0 saturated heterocycles. The smallest absolute Gasteiger partial charge is 0.336 e. The Labute approximate surface area is 152 Å². The number of benzene rings is 1. The zero-order valence-electron chi connectivity index (χ0n) is 15.4. The summed E-state index contributed by atoms with van der Waals surface area (Å²) in [6.07, 6.45) is 0.757. The first-order valence-electron chi connectivity index (χ1n) is 8.53. The molecule has 0 amide bonds. The van der Waals surface area contributed by atoms with Crippen LogP contribution in [0.3, 0.4) is 0 Å². The van der Waals surface area contributed by atoms with E-state index in [0.717, 1.165) is 11.0 Å². The molecule has 142 valence electrons. The fraction of sp³-hybridized carbons (Fsp3) is 0.450. The van der Waals surface area contributed by atoms with Gasteiger partial charge in [-0.15, -0.1) is 0 Å². The number of hydrogen-bond acceptors (Lipinski definition) is 6. The largest absolute Gasteiger partial charge is 0.493 e. The maximum Gasteiger partial charge on any atom is 0.336 e. The van der Waals surface area contributed by atoms with E-state index in [4.69, 9.17) is 13.9 Å². The van der Waals surface area contributed by atoms with Gasteiger partial charge in [0, 0.05) is 17.9 Å². The monoisotopic (exact) mass is 362 g/mol. The quantitative estimate of drug-likeness (QED) is 0.526. The number of aliphatic hydroxyl groups excluding tert-OH is 1. The van der Waals surface area contributed by atoms with Gasteiger partial charge in [-0.25, -0.2) is 4.79 Å². The average Bonchev–Trinajstić information content (AvgIpc) is 2.58. The maximum atomic E-state index is 11.5. The third-order valence-electron chi connectivity index (χ3n) is 4.22. The van der Waals surface area contributed by atoms with Gasteiger partial charge < -0.3 is 24.1 Å². The number of ether oxygens (including phenoxy) is 2. The second-order valence-electron chi connectivity index (χ2n) is 6.83. The van der Waals surface area contributed by atoms with Crippen LogP contribution < -0.4 is 15.1 Å². The van der Waals surface area contributed by atoms with Crippen molar-refractivity contribution in [3.8, 4) is 11.5 Å². The van der Waals surface area contributed by atoms with E-state index >= 15 is 0 Å². The van der Waals surface area contributed by atoms with Gasteiger partial charge >= 0.3 is 5.63 Å². The van der Waals surface area contributed by atoms with Crippen LogP contribution in [0.5, 0.6) is 11.5 Å². The van der Waals surface area contributed by atoms with E-state index in [1.807, 2.05) is 0 Å². The number of hydrogen-bond donors (Lipinski definition) is 2. The number of aliphatic hydroxyl groups is 2. The predicted molar refractivity (Wildman–Crippen MR) is 99.8 cm³/mol. The first kappa shape index (κ1) is 20.0. The molecule has 6 heteroatoms. The van der Waals surface area contributed by atoms with E-state index in [0.29, 0.717) is 43.0 Å². The summed E-state index contributed by atoms with van der Waals surface area (Å²) in [7, 11) is 1.52. The summed E-state index contributed by atoms with van der Waals surface area (Å²) >= 11 is 0. The second-order valence-corrected chi connectivity index (χ2v) is 6.83. The lowest BCUT2D eigenvalue weighted by Gasteiger charge is -2.24. The minimum Gasteiger partial charge on any atom is -0.493 e. The predicted octanol–water partition coefficient (Wildman–Crippen LogP) is 3.04. The van der Waals surface area contributed by atoms with Crippen LogP contribution in [0.2, 0.25) is 0 Å². The van der Waals surface area contributed by atoms with Crippen molar-refractivity contribution in [2.45, 2.75) is 44.8 Å². The molecular formula is C20H26O6. The van der Waals surface area contributed by atoms with Crippen molar-refractivity contribution in [1.29, 1.82) is 0 Å². The van der Waals surface area contributed by atoms with E-state index in [1.54, 1.807) is 32.0 Å². The normalized spacial score (nSPS) is 12.8. The van der Waals surface area contributed by atoms with Gasteiger partial charge in [0.25, 0.3) is 0 Å². The molecule has 2 aromatic rings. The SMILES string of the molecule is C=C(CCOc1c(OC)ccc2ccc(=O)oc12)CCC(O)C(C)(C)O. The van der Waals surface area contributed by atoms with Gasteiger partial charge in [0.05, 0.1) is 25.4 Å². The lowest BCUT2D eigenvalue weighted by molar-refractivity contribution is -0.0510. The van der Waals surface area contributed by atoms with Crippen molar-refractivity contribution in [1.82, 2.24) is 0 Å². The summed E-state index contributed by atoms with van der Waals surface area (Å²) in [6.45, 7) is 7.45. The molecule has 1 heterocycles. The van der Waals surface area contributed by atoms with Gasteiger partial charge in [0.2, 0.25) is 5.75 Å². The molecular weight excluding hydrogens is 336 g/mol. The highest BCUT2D eigenvalue weighted by molar-refractivity contribution is 5.85. The van der Waals surface area contributed by atoms with Gasteiger partial charge in [-0.2, -0.15) is 0 Å². The van der Waals surface area contributed by atoms with Crippen molar-refractivity contribution >= 4 is 11.0 Å². The number of fused-ring (bicyclic) bond motifs is 1. The summed E-state index contributed by atoms with van der Waals surface area (Å²) in [5.74, 6) is 0.863. The Hall–Kier alpha value is -2.31. The highest BCUT2D eigenvalue weighted by Gasteiger charge is 2.23. The second kappa shape index (κ2) is 8.38. The molecule has 0 aliphatic carbocycles. The van der Waals surface area contributed by atoms with E-state index in [9.17, 15) is 15.0 Å². The topological polar surface area (TPSA) is 89.1 Å². The molecule has 1 aromatic carbocycles. The fourth-order valence-electron chi connectivity index (χ4n) is 2.50. The van der Waals surface area contributed by atoms with Crippen LogP contribution in [0.15, 0.2) is 45.6 Å². The molecule has 0 radical (unpaired) electrons. The van der Waals surface area contributed by atoms with Crippen LogP contribution in [0, 0.1) is 0 Å².